The van der Waals surface area contributed by atoms with Crippen LogP contribution in [-0.2, 0) is 14.3 Å². The van der Waals surface area contributed by atoms with E-state index in [-0.39, 0.29) is 31.0 Å². The second kappa shape index (κ2) is 10.6. The van der Waals surface area contributed by atoms with Crippen molar-refractivity contribution in [2.75, 3.05) is 13.2 Å². The highest BCUT2D eigenvalue weighted by Gasteiger charge is 2.23. The third-order valence-electron chi connectivity index (χ3n) is 5.47. The van der Waals surface area contributed by atoms with Crippen molar-refractivity contribution in [2.24, 2.45) is 5.92 Å². The standard InChI is InChI=1S/C24H28N2O4/c1-17-7-5-6-10-21(17)26-22(27)16-30-23(28)15-25-24(29)20-13-11-19(12-14-20)18-8-3-2-4-9-18/h2-4,8-9,11-14,17,21H,5-7,10,15-16H2,1H3,(H,25,29)(H,26,27)/t17-,21-/m0/s1. The molecule has 2 amide bonds. The molecule has 6 heteroatoms. The van der Waals surface area contributed by atoms with Gasteiger partial charge < -0.3 is 15.4 Å². The van der Waals surface area contributed by atoms with Crippen molar-refractivity contribution in [3.8, 4) is 11.1 Å². The van der Waals surface area contributed by atoms with Crippen molar-refractivity contribution in [2.45, 2.75) is 38.6 Å². The predicted octanol–water partition coefficient (Wildman–Crippen LogP) is 3.32. The van der Waals surface area contributed by atoms with Crippen LogP contribution in [0.4, 0.5) is 0 Å². The molecule has 1 aliphatic rings. The van der Waals surface area contributed by atoms with Crippen LogP contribution in [0.3, 0.4) is 0 Å². The van der Waals surface area contributed by atoms with Gasteiger partial charge in [-0.3, -0.25) is 14.4 Å². The average Bonchev–Trinajstić information content (AvgIpc) is 2.78. The highest BCUT2D eigenvalue weighted by molar-refractivity contribution is 5.96. The molecule has 0 radical (unpaired) electrons. The molecule has 0 spiro atoms. The molecule has 30 heavy (non-hydrogen) atoms. The molecule has 158 valence electrons. The summed E-state index contributed by atoms with van der Waals surface area (Å²) in [5, 5.41) is 5.45. The minimum atomic E-state index is -0.643. The fourth-order valence-electron chi connectivity index (χ4n) is 3.68. The molecule has 1 saturated carbocycles. The Labute approximate surface area is 177 Å². The van der Waals surface area contributed by atoms with Gasteiger partial charge in [-0.05, 0) is 42.0 Å². The number of rotatable bonds is 7. The molecule has 2 N–H and O–H groups in total. The minimum absolute atomic E-state index is 0.142. The molecule has 2 aromatic rings. The first kappa shape index (κ1) is 21.6. The van der Waals surface area contributed by atoms with Crippen molar-refractivity contribution >= 4 is 17.8 Å². The lowest BCUT2D eigenvalue weighted by atomic mass is 9.86. The van der Waals surface area contributed by atoms with Crippen molar-refractivity contribution in [3.63, 3.8) is 0 Å². The van der Waals surface area contributed by atoms with Gasteiger partial charge in [-0.1, -0.05) is 62.2 Å². The van der Waals surface area contributed by atoms with Crippen LogP contribution in [0, 0.1) is 5.92 Å². The lowest BCUT2D eigenvalue weighted by molar-refractivity contribution is -0.147. The van der Waals surface area contributed by atoms with E-state index >= 15 is 0 Å². The van der Waals surface area contributed by atoms with Gasteiger partial charge in [-0.2, -0.15) is 0 Å². The number of hydrogen-bond acceptors (Lipinski definition) is 4. The zero-order valence-corrected chi connectivity index (χ0v) is 17.2. The normalized spacial score (nSPS) is 18.3. The SMILES string of the molecule is C[C@H]1CCCC[C@@H]1NC(=O)COC(=O)CNC(=O)c1ccc(-c2ccccc2)cc1. The molecule has 0 unspecified atom stereocenters. The van der Waals surface area contributed by atoms with Crippen LogP contribution >= 0.6 is 0 Å². The number of nitrogens with one attached hydrogen (secondary N) is 2. The number of amides is 2. The van der Waals surface area contributed by atoms with Gasteiger partial charge in [0.15, 0.2) is 6.61 Å². The van der Waals surface area contributed by atoms with Gasteiger partial charge in [-0.15, -0.1) is 0 Å². The second-order valence-electron chi connectivity index (χ2n) is 7.72. The predicted molar refractivity (Wildman–Crippen MR) is 115 cm³/mol. The average molecular weight is 408 g/mol. The van der Waals surface area contributed by atoms with E-state index in [2.05, 4.69) is 17.6 Å². The molecular formula is C24H28N2O4. The Morgan fingerprint density at radius 3 is 2.30 bits per heavy atom. The van der Waals surface area contributed by atoms with Gasteiger partial charge >= 0.3 is 5.97 Å². The van der Waals surface area contributed by atoms with Crippen molar-refractivity contribution in [1.29, 1.82) is 0 Å². The molecule has 0 aromatic heterocycles. The van der Waals surface area contributed by atoms with Crippen LogP contribution in [0.1, 0.15) is 43.0 Å². The number of ether oxygens (including phenoxy) is 1. The third kappa shape index (κ3) is 6.17. The molecule has 0 aliphatic heterocycles. The Bertz CT molecular complexity index is 865. The molecular weight excluding hydrogens is 380 g/mol. The summed E-state index contributed by atoms with van der Waals surface area (Å²) in [6.07, 6.45) is 4.35. The number of carbonyl (C=O) groups excluding carboxylic acids is 3. The maximum atomic E-state index is 12.2. The summed E-state index contributed by atoms with van der Waals surface area (Å²) in [6, 6.07) is 17.1. The molecule has 1 aliphatic carbocycles. The van der Waals surface area contributed by atoms with Gasteiger partial charge in [0.2, 0.25) is 0 Å². The van der Waals surface area contributed by atoms with Crippen LogP contribution in [0.2, 0.25) is 0 Å². The van der Waals surface area contributed by atoms with E-state index in [0.717, 1.165) is 30.4 Å². The highest BCUT2D eigenvalue weighted by atomic mass is 16.5. The van der Waals surface area contributed by atoms with E-state index in [4.69, 9.17) is 4.74 Å². The Balaban J connectivity index is 1.40. The van der Waals surface area contributed by atoms with Crippen LogP contribution < -0.4 is 10.6 Å². The van der Waals surface area contributed by atoms with Crippen molar-refractivity contribution in [3.05, 3.63) is 60.2 Å². The first-order valence-electron chi connectivity index (χ1n) is 10.4. The van der Waals surface area contributed by atoms with E-state index in [1.54, 1.807) is 12.1 Å². The lowest BCUT2D eigenvalue weighted by Crippen LogP contribution is -2.43. The summed E-state index contributed by atoms with van der Waals surface area (Å²) in [4.78, 5) is 36.1. The maximum absolute atomic E-state index is 12.2. The first-order chi connectivity index (χ1) is 14.5. The summed E-state index contributed by atoms with van der Waals surface area (Å²) < 4.78 is 4.98. The molecule has 2 atom stereocenters. The quantitative estimate of drug-likeness (QED) is 0.689. The summed E-state index contributed by atoms with van der Waals surface area (Å²) >= 11 is 0. The smallest absolute Gasteiger partial charge is 0.325 e. The third-order valence-corrected chi connectivity index (χ3v) is 5.47. The van der Waals surface area contributed by atoms with Gasteiger partial charge in [0, 0.05) is 11.6 Å². The monoisotopic (exact) mass is 408 g/mol. The summed E-state index contributed by atoms with van der Waals surface area (Å²) in [7, 11) is 0. The number of esters is 1. The van der Waals surface area contributed by atoms with Crippen LogP contribution in [0.5, 0.6) is 0 Å². The maximum Gasteiger partial charge on any atom is 0.325 e. The zero-order chi connectivity index (χ0) is 21.3. The Morgan fingerprint density at radius 1 is 0.933 bits per heavy atom. The highest BCUT2D eigenvalue weighted by Crippen LogP contribution is 2.23. The van der Waals surface area contributed by atoms with Crippen molar-refractivity contribution < 1.29 is 19.1 Å². The van der Waals surface area contributed by atoms with Crippen LogP contribution in [-0.4, -0.2) is 37.0 Å². The summed E-state index contributed by atoms with van der Waals surface area (Å²) in [6.45, 7) is 1.51. The van der Waals surface area contributed by atoms with E-state index < -0.39 is 5.97 Å². The molecule has 0 heterocycles. The lowest BCUT2D eigenvalue weighted by Gasteiger charge is -2.29. The summed E-state index contributed by atoms with van der Waals surface area (Å²) in [5.41, 5.74) is 2.52. The molecule has 6 nitrogen and oxygen atoms in total. The number of hydrogen-bond donors (Lipinski definition) is 2. The zero-order valence-electron chi connectivity index (χ0n) is 17.2. The Morgan fingerprint density at radius 2 is 1.60 bits per heavy atom. The van der Waals surface area contributed by atoms with Gasteiger partial charge in [0.25, 0.3) is 11.8 Å². The van der Waals surface area contributed by atoms with Gasteiger partial charge in [0.05, 0.1) is 0 Å². The van der Waals surface area contributed by atoms with E-state index in [1.807, 2.05) is 42.5 Å². The number of benzene rings is 2. The topological polar surface area (TPSA) is 84.5 Å². The molecule has 3 rings (SSSR count). The van der Waals surface area contributed by atoms with Crippen molar-refractivity contribution in [1.82, 2.24) is 10.6 Å². The molecule has 2 aromatic carbocycles. The van der Waals surface area contributed by atoms with E-state index in [0.29, 0.717) is 11.5 Å². The van der Waals surface area contributed by atoms with E-state index in [9.17, 15) is 14.4 Å². The Kier molecular flexibility index (Phi) is 7.60. The number of carbonyl (C=O) groups is 3. The molecule has 0 bridgehead atoms. The Hall–Kier alpha value is -3.15. The van der Waals surface area contributed by atoms with Gasteiger partial charge in [-0.25, -0.2) is 0 Å². The van der Waals surface area contributed by atoms with E-state index in [1.165, 1.54) is 6.42 Å². The van der Waals surface area contributed by atoms with Crippen LogP contribution in [0.25, 0.3) is 11.1 Å². The first-order valence-corrected chi connectivity index (χ1v) is 10.4. The van der Waals surface area contributed by atoms with Gasteiger partial charge in [0.1, 0.15) is 6.54 Å². The fraction of sp³-hybridized carbons (Fsp3) is 0.375. The minimum Gasteiger partial charge on any atom is -0.454 e. The molecule has 0 saturated heterocycles. The summed E-state index contributed by atoms with van der Waals surface area (Å²) in [5.74, 6) is -0.876. The largest absolute Gasteiger partial charge is 0.454 e. The molecule has 1 fully saturated rings. The fourth-order valence-corrected chi connectivity index (χ4v) is 3.68. The van der Waals surface area contributed by atoms with Crippen LogP contribution in [0.15, 0.2) is 54.6 Å². The second-order valence-corrected chi connectivity index (χ2v) is 7.72.